The lowest BCUT2D eigenvalue weighted by Gasteiger charge is -2.05. The van der Waals surface area contributed by atoms with Crippen LogP contribution in [0.5, 0.6) is 0 Å². The molecule has 2 aromatic carbocycles. The van der Waals surface area contributed by atoms with Crippen LogP contribution in [0.15, 0.2) is 48.5 Å². The minimum atomic E-state index is 0.820. The Morgan fingerprint density at radius 1 is 0.875 bits per heavy atom. The Balaban J connectivity index is 1.97. The van der Waals surface area contributed by atoms with Gasteiger partial charge in [-0.05, 0) is 36.0 Å². The van der Waals surface area contributed by atoms with Crippen LogP contribution in [0.4, 0.5) is 0 Å². The van der Waals surface area contributed by atoms with Gasteiger partial charge in [-0.3, -0.25) is 0 Å². The van der Waals surface area contributed by atoms with Crippen molar-refractivity contribution in [3.8, 4) is 11.1 Å². The number of hydrogen-bond acceptors (Lipinski definition) is 0. The van der Waals surface area contributed by atoms with Gasteiger partial charge >= 0.3 is 0 Å². The lowest BCUT2D eigenvalue weighted by Crippen LogP contribution is -1.82. The van der Waals surface area contributed by atoms with Crippen LogP contribution in [0.2, 0.25) is 5.02 Å². The second kappa shape index (κ2) is 3.95. The second-order valence-corrected chi connectivity index (χ2v) is 4.78. The highest BCUT2D eigenvalue weighted by molar-refractivity contribution is 6.33. The molecule has 0 atom stereocenters. The zero-order valence-electron chi connectivity index (χ0n) is 8.99. The molecule has 2 aromatic rings. The lowest BCUT2D eigenvalue weighted by atomic mass is 10.0. The summed E-state index contributed by atoms with van der Waals surface area (Å²) >= 11 is 6.17. The van der Waals surface area contributed by atoms with E-state index in [2.05, 4.69) is 30.3 Å². The number of halogens is 1. The van der Waals surface area contributed by atoms with E-state index in [4.69, 9.17) is 11.6 Å². The summed E-state index contributed by atoms with van der Waals surface area (Å²) in [6.45, 7) is 0. The zero-order chi connectivity index (χ0) is 11.0. The van der Waals surface area contributed by atoms with E-state index in [0.29, 0.717) is 0 Å². The van der Waals surface area contributed by atoms with Crippen LogP contribution >= 0.6 is 11.6 Å². The highest BCUT2D eigenvalue weighted by atomic mass is 35.5. The van der Waals surface area contributed by atoms with Gasteiger partial charge in [0.25, 0.3) is 0 Å². The molecule has 1 aliphatic rings. The normalized spacial score (nSPS) is 15.1. The van der Waals surface area contributed by atoms with Crippen molar-refractivity contribution in [3.63, 3.8) is 0 Å². The lowest BCUT2D eigenvalue weighted by molar-refractivity contribution is 1.13. The molecule has 0 aliphatic heterocycles. The fraction of sp³-hybridized carbons (Fsp3) is 0.200. The Kier molecular flexibility index (Phi) is 2.45. The molecule has 0 unspecified atom stereocenters. The molecular weight excluding hydrogens is 216 g/mol. The van der Waals surface area contributed by atoms with Gasteiger partial charge in [-0.2, -0.15) is 0 Å². The van der Waals surface area contributed by atoms with E-state index in [1.54, 1.807) is 0 Å². The summed E-state index contributed by atoms with van der Waals surface area (Å²) < 4.78 is 0. The van der Waals surface area contributed by atoms with Gasteiger partial charge in [0.1, 0.15) is 0 Å². The highest BCUT2D eigenvalue weighted by Gasteiger charge is 2.22. The van der Waals surface area contributed by atoms with Crippen molar-refractivity contribution in [2.24, 2.45) is 0 Å². The first-order chi connectivity index (χ1) is 7.84. The molecule has 1 aliphatic carbocycles. The number of rotatable bonds is 2. The molecule has 0 radical (unpaired) electrons. The van der Waals surface area contributed by atoms with Gasteiger partial charge in [-0.15, -0.1) is 0 Å². The summed E-state index contributed by atoms with van der Waals surface area (Å²) in [5.41, 5.74) is 3.79. The smallest absolute Gasteiger partial charge is 0.0484 e. The largest absolute Gasteiger partial charge is 0.0837 e. The molecule has 0 spiro atoms. The maximum atomic E-state index is 6.17. The van der Waals surface area contributed by atoms with Crippen molar-refractivity contribution in [1.82, 2.24) is 0 Å². The molecule has 3 rings (SSSR count). The average Bonchev–Trinajstić information content (AvgIpc) is 3.14. The molecule has 16 heavy (non-hydrogen) atoms. The fourth-order valence-corrected chi connectivity index (χ4v) is 2.29. The Bertz CT molecular complexity index is 495. The molecule has 0 heterocycles. The quantitative estimate of drug-likeness (QED) is 0.687. The van der Waals surface area contributed by atoms with Crippen molar-refractivity contribution in [2.45, 2.75) is 18.8 Å². The van der Waals surface area contributed by atoms with Gasteiger partial charge in [0.15, 0.2) is 0 Å². The molecule has 0 amide bonds. The first-order valence-corrected chi connectivity index (χ1v) is 6.07. The Morgan fingerprint density at radius 2 is 1.56 bits per heavy atom. The van der Waals surface area contributed by atoms with Crippen molar-refractivity contribution >= 4 is 11.6 Å². The van der Waals surface area contributed by atoms with Gasteiger partial charge in [0, 0.05) is 10.6 Å². The van der Waals surface area contributed by atoms with Crippen molar-refractivity contribution < 1.29 is 0 Å². The van der Waals surface area contributed by atoms with Gasteiger partial charge < -0.3 is 0 Å². The summed E-state index contributed by atoms with van der Waals surface area (Å²) in [5, 5.41) is 0.821. The molecular formula is C15H13Cl. The number of benzene rings is 2. The van der Waals surface area contributed by atoms with E-state index in [-0.39, 0.29) is 0 Å². The first-order valence-electron chi connectivity index (χ1n) is 5.69. The van der Waals surface area contributed by atoms with E-state index in [1.165, 1.54) is 24.0 Å². The molecule has 0 nitrogen and oxygen atoms in total. The summed E-state index contributed by atoms with van der Waals surface area (Å²) in [5.74, 6) is 0.820. The molecule has 0 aromatic heterocycles. The Labute approximate surface area is 101 Å². The SMILES string of the molecule is Clc1ccccc1-c1ccc(C2CC2)cc1. The predicted octanol–water partition coefficient (Wildman–Crippen LogP) is 4.88. The van der Waals surface area contributed by atoms with Gasteiger partial charge in [-0.25, -0.2) is 0 Å². The Morgan fingerprint density at radius 3 is 2.19 bits per heavy atom. The molecule has 0 bridgehead atoms. The van der Waals surface area contributed by atoms with Crippen LogP contribution < -0.4 is 0 Å². The van der Waals surface area contributed by atoms with Gasteiger partial charge in [0.05, 0.1) is 0 Å². The van der Waals surface area contributed by atoms with Crippen LogP contribution in [-0.2, 0) is 0 Å². The first kappa shape index (κ1) is 9.92. The second-order valence-electron chi connectivity index (χ2n) is 4.38. The van der Waals surface area contributed by atoms with Crippen LogP contribution in [0, 0.1) is 0 Å². The molecule has 0 saturated heterocycles. The summed E-state index contributed by atoms with van der Waals surface area (Å²) in [7, 11) is 0. The third-order valence-corrected chi connectivity index (χ3v) is 3.47. The van der Waals surface area contributed by atoms with Crippen molar-refractivity contribution in [2.75, 3.05) is 0 Å². The molecule has 1 fully saturated rings. The summed E-state index contributed by atoms with van der Waals surface area (Å²) in [4.78, 5) is 0. The zero-order valence-corrected chi connectivity index (χ0v) is 9.74. The monoisotopic (exact) mass is 228 g/mol. The van der Waals surface area contributed by atoms with E-state index in [9.17, 15) is 0 Å². The van der Waals surface area contributed by atoms with Crippen LogP contribution in [-0.4, -0.2) is 0 Å². The molecule has 0 N–H and O–H groups in total. The summed E-state index contributed by atoms with van der Waals surface area (Å²) in [6, 6.07) is 16.8. The van der Waals surface area contributed by atoms with Crippen LogP contribution in [0.25, 0.3) is 11.1 Å². The van der Waals surface area contributed by atoms with Crippen LogP contribution in [0.3, 0.4) is 0 Å². The van der Waals surface area contributed by atoms with E-state index in [1.807, 2.05) is 18.2 Å². The van der Waals surface area contributed by atoms with Crippen molar-refractivity contribution in [3.05, 3.63) is 59.1 Å². The fourth-order valence-electron chi connectivity index (χ4n) is 2.05. The predicted molar refractivity (Wildman–Crippen MR) is 68.9 cm³/mol. The minimum absolute atomic E-state index is 0.820. The van der Waals surface area contributed by atoms with Gasteiger partial charge in [-0.1, -0.05) is 54.1 Å². The maximum absolute atomic E-state index is 6.17. The number of hydrogen-bond donors (Lipinski definition) is 0. The average molecular weight is 229 g/mol. The highest BCUT2D eigenvalue weighted by Crippen LogP contribution is 2.40. The summed E-state index contributed by atoms with van der Waals surface area (Å²) in [6.07, 6.45) is 2.71. The maximum Gasteiger partial charge on any atom is 0.0484 e. The van der Waals surface area contributed by atoms with Crippen molar-refractivity contribution in [1.29, 1.82) is 0 Å². The van der Waals surface area contributed by atoms with E-state index < -0.39 is 0 Å². The minimum Gasteiger partial charge on any atom is -0.0837 e. The standard InChI is InChI=1S/C15H13Cl/c16-15-4-2-1-3-14(15)13-9-7-12(8-10-13)11-5-6-11/h1-4,7-11H,5-6H2. The topological polar surface area (TPSA) is 0 Å². The molecule has 1 heteroatoms. The van der Waals surface area contributed by atoms with Gasteiger partial charge in [0.2, 0.25) is 0 Å². The molecule has 1 saturated carbocycles. The third kappa shape index (κ3) is 1.85. The molecule has 80 valence electrons. The van der Waals surface area contributed by atoms with E-state index in [0.717, 1.165) is 16.5 Å². The van der Waals surface area contributed by atoms with E-state index >= 15 is 0 Å². The van der Waals surface area contributed by atoms with Crippen LogP contribution in [0.1, 0.15) is 24.3 Å². The third-order valence-electron chi connectivity index (χ3n) is 3.14. The Hall–Kier alpha value is -1.27.